The van der Waals surface area contributed by atoms with Gasteiger partial charge >= 0.3 is 5.97 Å². The number of H-pyrrole nitrogens is 1. The van der Waals surface area contributed by atoms with E-state index < -0.39 is 12.0 Å². The minimum Gasteiger partial charge on any atom is -0.480 e. The summed E-state index contributed by atoms with van der Waals surface area (Å²) in [6.45, 7) is 0.324. The Morgan fingerprint density at radius 2 is 1.84 bits per heavy atom. The third-order valence-electron chi connectivity index (χ3n) is 5.27. The van der Waals surface area contributed by atoms with Crippen LogP contribution in [0.15, 0.2) is 65.8 Å². The average molecular weight is 418 g/mol. The minimum absolute atomic E-state index is 0.108. The SMILES string of the molecule is O=C(CCCn1cnc2ccccc2c1=O)NC(Cc1c[nH]c2ccccc12)C(=O)O. The number of carboxylic acids is 1. The molecule has 158 valence electrons. The number of aromatic nitrogens is 3. The standard InChI is InChI=1S/C23H22N4O4/c28-21(10-5-11-27-14-25-19-9-4-2-7-17(19)22(27)29)26-20(23(30)31)12-15-13-24-18-8-3-1-6-16(15)18/h1-4,6-9,13-14,20,24H,5,10-12H2,(H,26,28)(H,30,31). The van der Waals surface area contributed by atoms with Crippen molar-refractivity contribution in [2.75, 3.05) is 0 Å². The molecule has 31 heavy (non-hydrogen) atoms. The molecule has 0 aliphatic carbocycles. The van der Waals surface area contributed by atoms with Crippen molar-refractivity contribution in [3.8, 4) is 0 Å². The second kappa shape index (κ2) is 8.83. The number of amides is 1. The second-order valence-corrected chi connectivity index (χ2v) is 7.39. The lowest BCUT2D eigenvalue weighted by Gasteiger charge is -2.14. The number of carbonyl (C=O) groups excluding carboxylic acids is 1. The van der Waals surface area contributed by atoms with Gasteiger partial charge in [-0.05, 0) is 30.2 Å². The molecule has 0 radical (unpaired) electrons. The Kier molecular flexibility index (Phi) is 5.79. The number of rotatable bonds is 8. The number of para-hydroxylation sites is 2. The number of aromatic amines is 1. The maximum atomic E-state index is 12.5. The highest BCUT2D eigenvalue weighted by atomic mass is 16.4. The predicted octanol–water partition coefficient (Wildman–Crippen LogP) is 2.47. The number of nitrogens with one attached hydrogen (secondary N) is 2. The van der Waals surface area contributed by atoms with Crippen LogP contribution in [0.4, 0.5) is 0 Å². The fourth-order valence-electron chi connectivity index (χ4n) is 3.66. The van der Waals surface area contributed by atoms with Crippen LogP contribution in [-0.2, 0) is 22.6 Å². The summed E-state index contributed by atoms with van der Waals surface area (Å²) in [5.41, 5.74) is 2.22. The number of hydrogen-bond acceptors (Lipinski definition) is 4. The van der Waals surface area contributed by atoms with E-state index in [0.29, 0.717) is 23.9 Å². The molecule has 0 aliphatic heterocycles. The van der Waals surface area contributed by atoms with Crippen LogP contribution in [-0.4, -0.2) is 37.6 Å². The smallest absolute Gasteiger partial charge is 0.326 e. The fraction of sp³-hybridized carbons (Fsp3) is 0.217. The highest BCUT2D eigenvalue weighted by molar-refractivity contribution is 5.86. The van der Waals surface area contributed by atoms with Gasteiger partial charge in [0.1, 0.15) is 6.04 Å². The molecule has 2 aromatic carbocycles. The number of nitrogens with zero attached hydrogens (tertiary/aromatic N) is 2. The number of aryl methyl sites for hydroxylation is 1. The third kappa shape index (κ3) is 4.48. The molecule has 0 spiro atoms. The van der Waals surface area contributed by atoms with Gasteiger partial charge in [0.25, 0.3) is 5.56 Å². The molecular weight excluding hydrogens is 396 g/mol. The van der Waals surface area contributed by atoms with E-state index in [1.54, 1.807) is 24.4 Å². The summed E-state index contributed by atoms with van der Waals surface area (Å²) in [6, 6.07) is 13.7. The van der Waals surface area contributed by atoms with Gasteiger partial charge in [-0.2, -0.15) is 0 Å². The van der Waals surface area contributed by atoms with Crippen molar-refractivity contribution in [3.05, 3.63) is 77.0 Å². The molecule has 8 heteroatoms. The Morgan fingerprint density at radius 3 is 2.65 bits per heavy atom. The number of aliphatic carboxylic acids is 1. The topological polar surface area (TPSA) is 117 Å². The Balaban J connectivity index is 1.36. The van der Waals surface area contributed by atoms with Gasteiger partial charge in [0.2, 0.25) is 5.91 Å². The van der Waals surface area contributed by atoms with E-state index in [0.717, 1.165) is 16.5 Å². The van der Waals surface area contributed by atoms with E-state index in [1.807, 2.05) is 30.3 Å². The first kappa shape index (κ1) is 20.3. The summed E-state index contributed by atoms with van der Waals surface area (Å²) in [5.74, 6) is -1.46. The van der Waals surface area contributed by atoms with E-state index in [1.165, 1.54) is 10.9 Å². The molecular formula is C23H22N4O4. The van der Waals surface area contributed by atoms with Crippen LogP contribution < -0.4 is 10.9 Å². The Bertz CT molecular complexity index is 1310. The van der Waals surface area contributed by atoms with Crippen LogP contribution >= 0.6 is 0 Å². The average Bonchev–Trinajstić information content (AvgIpc) is 3.18. The van der Waals surface area contributed by atoms with Crippen LogP contribution in [0.5, 0.6) is 0 Å². The fourth-order valence-corrected chi connectivity index (χ4v) is 3.66. The van der Waals surface area contributed by atoms with Crippen molar-refractivity contribution in [3.63, 3.8) is 0 Å². The van der Waals surface area contributed by atoms with E-state index in [-0.39, 0.29) is 24.3 Å². The van der Waals surface area contributed by atoms with Crippen LogP contribution in [0.3, 0.4) is 0 Å². The molecule has 0 saturated heterocycles. The predicted molar refractivity (Wildman–Crippen MR) is 117 cm³/mol. The first-order valence-corrected chi connectivity index (χ1v) is 10.0. The normalized spacial score (nSPS) is 12.1. The third-order valence-corrected chi connectivity index (χ3v) is 5.27. The van der Waals surface area contributed by atoms with Gasteiger partial charge in [-0.3, -0.25) is 14.2 Å². The van der Waals surface area contributed by atoms with E-state index in [2.05, 4.69) is 15.3 Å². The second-order valence-electron chi connectivity index (χ2n) is 7.39. The summed E-state index contributed by atoms with van der Waals surface area (Å²) in [6.07, 6.45) is 3.92. The molecule has 1 amide bonds. The molecule has 4 aromatic rings. The van der Waals surface area contributed by atoms with Crippen molar-refractivity contribution >= 4 is 33.7 Å². The van der Waals surface area contributed by atoms with Gasteiger partial charge in [0.15, 0.2) is 0 Å². The monoisotopic (exact) mass is 418 g/mol. The molecule has 2 heterocycles. The molecule has 8 nitrogen and oxygen atoms in total. The molecule has 2 aromatic heterocycles. The Hall–Kier alpha value is -3.94. The zero-order chi connectivity index (χ0) is 21.8. The van der Waals surface area contributed by atoms with Crippen molar-refractivity contribution in [2.24, 2.45) is 0 Å². The number of carboxylic acid groups (broad SMARTS) is 1. The zero-order valence-electron chi connectivity index (χ0n) is 16.7. The Morgan fingerprint density at radius 1 is 1.10 bits per heavy atom. The van der Waals surface area contributed by atoms with E-state index in [9.17, 15) is 19.5 Å². The lowest BCUT2D eigenvalue weighted by atomic mass is 10.0. The van der Waals surface area contributed by atoms with Gasteiger partial charge in [0.05, 0.1) is 17.2 Å². The van der Waals surface area contributed by atoms with Gasteiger partial charge in [-0.1, -0.05) is 30.3 Å². The first-order valence-electron chi connectivity index (χ1n) is 10.0. The molecule has 0 bridgehead atoms. The number of carbonyl (C=O) groups is 2. The highest BCUT2D eigenvalue weighted by Gasteiger charge is 2.21. The quantitative estimate of drug-likeness (QED) is 0.406. The van der Waals surface area contributed by atoms with Crippen molar-refractivity contribution in [1.29, 1.82) is 0 Å². The van der Waals surface area contributed by atoms with Gasteiger partial charge in [-0.15, -0.1) is 0 Å². The van der Waals surface area contributed by atoms with Gasteiger partial charge < -0.3 is 15.4 Å². The molecule has 1 unspecified atom stereocenters. The van der Waals surface area contributed by atoms with E-state index >= 15 is 0 Å². The number of fused-ring (bicyclic) bond motifs is 2. The maximum Gasteiger partial charge on any atom is 0.326 e. The molecule has 0 fully saturated rings. The molecule has 1 atom stereocenters. The van der Waals surface area contributed by atoms with Crippen LogP contribution in [0.1, 0.15) is 18.4 Å². The van der Waals surface area contributed by atoms with Crippen molar-refractivity contribution in [1.82, 2.24) is 19.9 Å². The number of benzene rings is 2. The molecule has 0 aliphatic rings. The van der Waals surface area contributed by atoms with Crippen molar-refractivity contribution in [2.45, 2.75) is 31.8 Å². The summed E-state index contributed by atoms with van der Waals surface area (Å²) < 4.78 is 1.47. The number of hydrogen-bond donors (Lipinski definition) is 3. The minimum atomic E-state index is -1.09. The lowest BCUT2D eigenvalue weighted by molar-refractivity contribution is -0.141. The van der Waals surface area contributed by atoms with E-state index in [4.69, 9.17) is 0 Å². The highest BCUT2D eigenvalue weighted by Crippen LogP contribution is 2.19. The Labute approximate surface area is 177 Å². The van der Waals surface area contributed by atoms with Crippen LogP contribution in [0.2, 0.25) is 0 Å². The maximum absolute atomic E-state index is 12.5. The van der Waals surface area contributed by atoms with Crippen LogP contribution in [0, 0.1) is 0 Å². The summed E-state index contributed by atoms with van der Waals surface area (Å²) in [7, 11) is 0. The van der Waals surface area contributed by atoms with Gasteiger partial charge in [0, 0.05) is 36.5 Å². The molecule has 0 saturated carbocycles. The molecule has 4 rings (SSSR count). The summed E-state index contributed by atoms with van der Waals surface area (Å²) in [4.78, 5) is 43.9. The van der Waals surface area contributed by atoms with Crippen LogP contribution in [0.25, 0.3) is 21.8 Å². The largest absolute Gasteiger partial charge is 0.480 e. The first-order chi connectivity index (χ1) is 15.0. The zero-order valence-corrected chi connectivity index (χ0v) is 16.7. The summed E-state index contributed by atoms with van der Waals surface area (Å²) >= 11 is 0. The molecule has 3 N–H and O–H groups in total. The lowest BCUT2D eigenvalue weighted by Crippen LogP contribution is -2.42. The summed E-state index contributed by atoms with van der Waals surface area (Å²) in [5, 5.41) is 13.6. The van der Waals surface area contributed by atoms with Crippen molar-refractivity contribution < 1.29 is 14.7 Å². The van der Waals surface area contributed by atoms with Gasteiger partial charge in [-0.25, -0.2) is 9.78 Å².